The van der Waals surface area contributed by atoms with Crippen molar-refractivity contribution in [2.75, 3.05) is 24.6 Å². The van der Waals surface area contributed by atoms with Crippen molar-refractivity contribution >= 4 is 40.3 Å². The molecule has 1 aliphatic rings. The number of benzene rings is 1. The fourth-order valence-electron chi connectivity index (χ4n) is 3.81. The van der Waals surface area contributed by atoms with Gasteiger partial charge in [-0.2, -0.15) is 4.98 Å². The summed E-state index contributed by atoms with van der Waals surface area (Å²) in [6.45, 7) is 1.61. The molecule has 1 fully saturated rings. The summed E-state index contributed by atoms with van der Waals surface area (Å²) >= 11 is 12.0. The molecule has 3 heterocycles. The molecule has 2 aromatic heterocycles. The van der Waals surface area contributed by atoms with Crippen molar-refractivity contribution in [2.24, 2.45) is 14.1 Å². The number of nitrogens with zero attached hydrogens (tertiary/aromatic N) is 5. The Hall–Kier alpha value is -2.49. The summed E-state index contributed by atoms with van der Waals surface area (Å²) in [4.78, 5) is 31.9. The van der Waals surface area contributed by atoms with E-state index in [-0.39, 0.29) is 18.7 Å². The Kier molecular flexibility index (Phi) is 6.00. The summed E-state index contributed by atoms with van der Waals surface area (Å²) in [6, 6.07) is 4.84. The number of fused-ring (bicyclic) bond motifs is 1. The van der Waals surface area contributed by atoms with E-state index in [0.29, 0.717) is 27.4 Å². The van der Waals surface area contributed by atoms with Crippen LogP contribution in [0.2, 0.25) is 10.0 Å². The fraction of sp³-hybridized carbons (Fsp3) is 0.450. The molecule has 11 heteroatoms. The quantitative estimate of drug-likeness (QED) is 0.593. The first-order valence-corrected chi connectivity index (χ1v) is 10.7. The van der Waals surface area contributed by atoms with Gasteiger partial charge in [0.1, 0.15) is 18.5 Å². The summed E-state index contributed by atoms with van der Waals surface area (Å²) in [5, 5.41) is 11.5. The minimum atomic E-state index is -0.951. The maximum atomic E-state index is 12.9. The first-order valence-electron chi connectivity index (χ1n) is 9.95. The molecule has 166 valence electrons. The van der Waals surface area contributed by atoms with Crippen LogP contribution in [0.3, 0.4) is 0 Å². The predicted molar refractivity (Wildman–Crippen MR) is 120 cm³/mol. The van der Waals surface area contributed by atoms with Gasteiger partial charge >= 0.3 is 5.69 Å². The number of anilines is 1. The Balaban J connectivity index is 1.68. The van der Waals surface area contributed by atoms with Crippen molar-refractivity contribution in [1.29, 1.82) is 0 Å². The lowest BCUT2D eigenvalue weighted by Crippen LogP contribution is -2.38. The summed E-state index contributed by atoms with van der Waals surface area (Å²) < 4.78 is 9.73. The van der Waals surface area contributed by atoms with Crippen LogP contribution in [0.25, 0.3) is 11.2 Å². The summed E-state index contributed by atoms with van der Waals surface area (Å²) in [6.07, 6.45) is 1.08. The molecule has 1 aromatic carbocycles. The first kappa shape index (κ1) is 21.7. The van der Waals surface area contributed by atoms with Crippen molar-refractivity contribution in [3.63, 3.8) is 0 Å². The van der Waals surface area contributed by atoms with Crippen LogP contribution in [0.4, 0.5) is 5.95 Å². The minimum absolute atomic E-state index is 0.0491. The second kappa shape index (κ2) is 8.57. The normalized spacial score (nSPS) is 15.1. The van der Waals surface area contributed by atoms with E-state index < -0.39 is 17.4 Å². The smallest absolute Gasteiger partial charge is 0.332 e. The Morgan fingerprint density at radius 3 is 2.55 bits per heavy atom. The summed E-state index contributed by atoms with van der Waals surface area (Å²) in [7, 11) is 3.01. The van der Waals surface area contributed by atoms with E-state index >= 15 is 0 Å². The van der Waals surface area contributed by atoms with Gasteiger partial charge in [-0.1, -0.05) is 23.2 Å². The lowest BCUT2D eigenvalue weighted by molar-refractivity contribution is 0.0937. The molecule has 0 radical (unpaired) electrons. The molecular weight excluding hydrogens is 445 g/mol. The molecule has 4 rings (SSSR count). The summed E-state index contributed by atoms with van der Waals surface area (Å²) in [5.74, 6) is 0.966. The van der Waals surface area contributed by atoms with Crippen LogP contribution in [0.1, 0.15) is 12.8 Å². The van der Waals surface area contributed by atoms with Gasteiger partial charge in [0.25, 0.3) is 5.56 Å². The molecule has 9 nitrogen and oxygen atoms in total. The molecule has 0 unspecified atom stereocenters. The molecule has 31 heavy (non-hydrogen) atoms. The van der Waals surface area contributed by atoms with Crippen LogP contribution in [-0.2, 0) is 20.6 Å². The molecule has 0 aliphatic carbocycles. The topological polar surface area (TPSA) is 94.5 Å². The number of aryl methyl sites for hydroxylation is 1. The van der Waals surface area contributed by atoms with Crippen LogP contribution in [-0.4, -0.2) is 49.6 Å². The first-order chi connectivity index (χ1) is 14.8. The van der Waals surface area contributed by atoms with Crippen molar-refractivity contribution < 1.29 is 9.84 Å². The lowest BCUT2D eigenvalue weighted by atomic mass is 10.3. The highest BCUT2D eigenvalue weighted by Gasteiger charge is 2.26. The van der Waals surface area contributed by atoms with Crippen LogP contribution < -0.4 is 20.9 Å². The number of ether oxygens (including phenoxy) is 1. The molecule has 1 atom stereocenters. The monoisotopic (exact) mass is 467 g/mol. The van der Waals surface area contributed by atoms with Gasteiger partial charge in [0.15, 0.2) is 11.2 Å². The molecule has 0 amide bonds. The second-order valence-electron chi connectivity index (χ2n) is 7.63. The molecule has 0 spiro atoms. The maximum Gasteiger partial charge on any atom is 0.332 e. The lowest BCUT2D eigenvalue weighted by Gasteiger charge is -2.20. The second-order valence-corrected chi connectivity index (χ2v) is 8.48. The third-order valence-electron chi connectivity index (χ3n) is 5.44. The third-order valence-corrected chi connectivity index (χ3v) is 5.97. The van der Waals surface area contributed by atoms with Crippen LogP contribution in [0.15, 0.2) is 27.8 Å². The SMILES string of the molecule is Cn1c(=O)c2c(nc(N3CCCC3)n2C[C@@H](O)COc2ccc(Cl)cc2Cl)n(C)c1=O. The molecule has 1 aliphatic heterocycles. The third kappa shape index (κ3) is 4.05. The summed E-state index contributed by atoms with van der Waals surface area (Å²) in [5.41, 5.74) is -0.333. The fourth-order valence-corrected chi connectivity index (χ4v) is 4.27. The van der Waals surface area contributed by atoms with Gasteiger partial charge in [0.05, 0.1) is 11.6 Å². The van der Waals surface area contributed by atoms with E-state index in [1.54, 1.807) is 29.8 Å². The van der Waals surface area contributed by atoms with E-state index in [4.69, 9.17) is 27.9 Å². The maximum absolute atomic E-state index is 12.9. The zero-order valence-electron chi connectivity index (χ0n) is 17.2. The Morgan fingerprint density at radius 2 is 1.87 bits per heavy atom. The minimum Gasteiger partial charge on any atom is -0.489 e. The average Bonchev–Trinajstić information content (AvgIpc) is 3.38. The average molecular weight is 468 g/mol. The molecule has 3 aromatic rings. The van der Waals surface area contributed by atoms with Gasteiger partial charge in [-0.15, -0.1) is 0 Å². The van der Waals surface area contributed by atoms with E-state index in [9.17, 15) is 14.7 Å². The van der Waals surface area contributed by atoms with Crippen LogP contribution >= 0.6 is 23.2 Å². The van der Waals surface area contributed by atoms with Crippen molar-refractivity contribution in [3.05, 3.63) is 49.1 Å². The van der Waals surface area contributed by atoms with Gasteiger partial charge < -0.3 is 19.3 Å². The number of imidazole rings is 1. The Bertz CT molecular complexity index is 1240. The molecule has 1 saturated heterocycles. The van der Waals surface area contributed by atoms with Crippen LogP contribution in [0.5, 0.6) is 5.75 Å². The van der Waals surface area contributed by atoms with Gasteiger partial charge in [-0.05, 0) is 31.0 Å². The highest BCUT2D eigenvalue weighted by Crippen LogP contribution is 2.28. The van der Waals surface area contributed by atoms with E-state index in [1.807, 2.05) is 0 Å². The van der Waals surface area contributed by atoms with E-state index in [1.165, 1.54) is 11.6 Å². The van der Waals surface area contributed by atoms with Gasteiger partial charge in [-0.3, -0.25) is 13.9 Å². The molecule has 1 N–H and O–H groups in total. The predicted octanol–water partition coefficient (Wildman–Crippen LogP) is 1.78. The number of hydrogen-bond donors (Lipinski definition) is 1. The number of aromatic nitrogens is 4. The van der Waals surface area contributed by atoms with Crippen molar-refractivity contribution in [2.45, 2.75) is 25.5 Å². The largest absolute Gasteiger partial charge is 0.489 e. The van der Waals surface area contributed by atoms with Gasteiger partial charge in [0, 0.05) is 32.2 Å². The number of hydrogen-bond acceptors (Lipinski definition) is 6. The number of rotatable bonds is 6. The molecular formula is C20H23Cl2N5O4. The van der Waals surface area contributed by atoms with Crippen molar-refractivity contribution in [3.8, 4) is 5.75 Å². The zero-order valence-corrected chi connectivity index (χ0v) is 18.7. The molecule has 0 saturated carbocycles. The van der Waals surface area contributed by atoms with Gasteiger partial charge in [0.2, 0.25) is 5.95 Å². The Morgan fingerprint density at radius 1 is 1.16 bits per heavy atom. The number of halogens is 2. The highest BCUT2D eigenvalue weighted by molar-refractivity contribution is 6.35. The number of aliphatic hydroxyl groups is 1. The van der Waals surface area contributed by atoms with Crippen molar-refractivity contribution in [1.82, 2.24) is 18.7 Å². The van der Waals surface area contributed by atoms with Crippen LogP contribution in [0, 0.1) is 0 Å². The standard InChI is InChI=1S/C20H23Cl2N5O4/c1-24-17-16(18(29)25(2)20(24)30)27(19(23-17)26-7-3-4-8-26)10-13(28)11-31-15-6-5-12(21)9-14(15)22/h5-6,9,13,28H,3-4,7-8,10-11H2,1-2H3/t13-/m1/s1. The molecule has 0 bridgehead atoms. The highest BCUT2D eigenvalue weighted by atomic mass is 35.5. The Labute approximate surface area is 188 Å². The zero-order chi connectivity index (χ0) is 22.3. The van der Waals surface area contributed by atoms with E-state index in [2.05, 4.69) is 9.88 Å². The van der Waals surface area contributed by atoms with E-state index in [0.717, 1.165) is 30.5 Å². The number of aliphatic hydroxyl groups excluding tert-OH is 1. The van der Waals surface area contributed by atoms with Gasteiger partial charge in [-0.25, -0.2) is 4.79 Å².